The molecule has 0 aliphatic heterocycles. The third kappa shape index (κ3) is 3.61. The Balaban J connectivity index is 1.82. The first-order valence-corrected chi connectivity index (χ1v) is 7.16. The predicted molar refractivity (Wildman–Crippen MR) is 89.4 cm³/mol. The summed E-state index contributed by atoms with van der Waals surface area (Å²) in [5.74, 6) is -0.810. The molecule has 0 saturated carbocycles. The molecule has 0 atom stereocenters. The Bertz CT molecular complexity index is 995. The molecule has 0 spiro atoms. The maximum Gasteiger partial charge on any atom is 0.302 e. The van der Waals surface area contributed by atoms with Gasteiger partial charge in [0.25, 0.3) is 11.6 Å². The van der Waals surface area contributed by atoms with Crippen LogP contribution in [0.1, 0.15) is 17.3 Å². The predicted octanol–water partition coefficient (Wildman–Crippen LogP) is 2.95. The average Bonchev–Trinajstić information content (AvgIpc) is 2.95. The normalized spacial score (nSPS) is 10.4. The first-order chi connectivity index (χ1) is 11.9. The van der Waals surface area contributed by atoms with E-state index in [1.165, 1.54) is 25.1 Å². The molecule has 126 valence electrons. The van der Waals surface area contributed by atoms with Gasteiger partial charge in [-0.2, -0.15) is 4.98 Å². The minimum absolute atomic E-state index is 0.0496. The molecule has 1 heterocycles. The van der Waals surface area contributed by atoms with Crippen LogP contribution in [0.4, 0.5) is 17.4 Å². The summed E-state index contributed by atoms with van der Waals surface area (Å²) >= 11 is 0. The fraction of sp³-hybridized carbons (Fsp3) is 0.0625. The third-order valence-electron chi connectivity index (χ3n) is 3.25. The van der Waals surface area contributed by atoms with Gasteiger partial charge in [0, 0.05) is 36.4 Å². The van der Waals surface area contributed by atoms with Crippen LogP contribution in [0.3, 0.4) is 0 Å². The first-order valence-electron chi connectivity index (χ1n) is 7.16. The van der Waals surface area contributed by atoms with Crippen LogP contribution in [0.5, 0.6) is 0 Å². The lowest BCUT2D eigenvalue weighted by molar-refractivity contribution is -0.384. The molecule has 2 amide bonds. The number of carbonyl (C=O) groups excluding carboxylic acids is 2. The van der Waals surface area contributed by atoms with Crippen molar-refractivity contribution in [2.24, 2.45) is 0 Å². The van der Waals surface area contributed by atoms with Gasteiger partial charge in [-0.05, 0) is 18.2 Å². The Morgan fingerprint density at radius 1 is 1.16 bits per heavy atom. The molecule has 0 aliphatic rings. The summed E-state index contributed by atoms with van der Waals surface area (Å²) in [5, 5.41) is 15.8. The van der Waals surface area contributed by atoms with E-state index < -0.39 is 10.8 Å². The number of nitro benzene ring substituents is 1. The van der Waals surface area contributed by atoms with Crippen molar-refractivity contribution in [3.8, 4) is 0 Å². The first kappa shape index (κ1) is 16.1. The lowest BCUT2D eigenvalue weighted by Crippen LogP contribution is -2.12. The van der Waals surface area contributed by atoms with Gasteiger partial charge in [-0.1, -0.05) is 6.07 Å². The molecule has 2 N–H and O–H groups in total. The molecule has 9 heteroatoms. The lowest BCUT2D eigenvalue weighted by atomic mass is 10.2. The van der Waals surface area contributed by atoms with Crippen LogP contribution in [0.15, 0.2) is 46.9 Å². The second-order valence-electron chi connectivity index (χ2n) is 5.14. The van der Waals surface area contributed by atoms with Gasteiger partial charge in [-0.25, -0.2) is 0 Å². The summed E-state index contributed by atoms with van der Waals surface area (Å²) in [7, 11) is 0. The number of amides is 2. The van der Waals surface area contributed by atoms with Crippen LogP contribution >= 0.6 is 0 Å². The molecule has 0 saturated heterocycles. The number of hydrogen-bond acceptors (Lipinski definition) is 6. The highest BCUT2D eigenvalue weighted by Crippen LogP contribution is 2.23. The van der Waals surface area contributed by atoms with Gasteiger partial charge >= 0.3 is 6.01 Å². The van der Waals surface area contributed by atoms with Crippen molar-refractivity contribution in [1.29, 1.82) is 0 Å². The summed E-state index contributed by atoms with van der Waals surface area (Å²) in [5.41, 5.74) is 1.32. The summed E-state index contributed by atoms with van der Waals surface area (Å²) in [6, 6.07) is 10.1. The second kappa shape index (κ2) is 6.40. The SMILES string of the molecule is CC(=O)Nc1ccc2nc(NC(=O)c3cccc([N+](=O)[O-])c3)oc2c1. The smallest absolute Gasteiger partial charge is 0.302 e. The monoisotopic (exact) mass is 340 g/mol. The number of benzene rings is 2. The van der Waals surface area contributed by atoms with Gasteiger partial charge in [0.05, 0.1) is 4.92 Å². The Morgan fingerprint density at radius 2 is 1.96 bits per heavy atom. The van der Waals surface area contributed by atoms with Crippen molar-refractivity contribution in [2.45, 2.75) is 6.92 Å². The van der Waals surface area contributed by atoms with Crippen molar-refractivity contribution < 1.29 is 18.9 Å². The largest absolute Gasteiger partial charge is 0.423 e. The molecule has 0 aliphatic carbocycles. The van der Waals surface area contributed by atoms with Crippen molar-refractivity contribution in [1.82, 2.24) is 4.98 Å². The van der Waals surface area contributed by atoms with E-state index in [-0.39, 0.29) is 23.2 Å². The van der Waals surface area contributed by atoms with E-state index in [1.54, 1.807) is 18.2 Å². The summed E-state index contributed by atoms with van der Waals surface area (Å²) in [4.78, 5) is 37.6. The molecule has 0 bridgehead atoms. The molecule has 3 aromatic rings. The molecule has 0 radical (unpaired) electrons. The van der Waals surface area contributed by atoms with Crippen LogP contribution in [0.25, 0.3) is 11.1 Å². The lowest BCUT2D eigenvalue weighted by Gasteiger charge is -2.00. The molecular formula is C16H12N4O5. The maximum atomic E-state index is 12.2. The molecule has 1 aromatic heterocycles. The number of aromatic nitrogens is 1. The Morgan fingerprint density at radius 3 is 2.68 bits per heavy atom. The molecule has 9 nitrogen and oxygen atoms in total. The maximum absolute atomic E-state index is 12.2. The number of nitrogens with one attached hydrogen (secondary N) is 2. The Hall–Kier alpha value is -3.75. The fourth-order valence-electron chi connectivity index (χ4n) is 2.19. The van der Waals surface area contributed by atoms with E-state index in [0.29, 0.717) is 16.8 Å². The quantitative estimate of drug-likeness (QED) is 0.555. The van der Waals surface area contributed by atoms with E-state index in [0.717, 1.165) is 6.07 Å². The van der Waals surface area contributed by atoms with Gasteiger partial charge in [-0.15, -0.1) is 0 Å². The summed E-state index contributed by atoms with van der Waals surface area (Å²) in [6.07, 6.45) is 0. The number of nitro groups is 1. The van der Waals surface area contributed by atoms with Gasteiger partial charge in [0.15, 0.2) is 5.58 Å². The van der Waals surface area contributed by atoms with Gasteiger partial charge in [0.2, 0.25) is 5.91 Å². The Kier molecular flexibility index (Phi) is 4.12. The van der Waals surface area contributed by atoms with Crippen LogP contribution in [0, 0.1) is 10.1 Å². The number of rotatable bonds is 4. The Labute approximate surface area is 140 Å². The average molecular weight is 340 g/mol. The van der Waals surface area contributed by atoms with Crippen molar-refractivity contribution in [3.05, 3.63) is 58.1 Å². The number of hydrogen-bond donors (Lipinski definition) is 2. The van der Waals surface area contributed by atoms with Crippen molar-refractivity contribution in [3.63, 3.8) is 0 Å². The fourth-order valence-corrected chi connectivity index (χ4v) is 2.19. The number of nitrogens with zero attached hydrogens (tertiary/aromatic N) is 2. The number of oxazole rings is 1. The highest BCUT2D eigenvalue weighted by atomic mass is 16.6. The molecule has 3 rings (SSSR count). The third-order valence-corrected chi connectivity index (χ3v) is 3.25. The van der Waals surface area contributed by atoms with Crippen molar-refractivity contribution >= 4 is 40.3 Å². The van der Waals surface area contributed by atoms with Gasteiger partial charge < -0.3 is 9.73 Å². The molecular weight excluding hydrogens is 328 g/mol. The molecule has 0 unspecified atom stereocenters. The van der Waals surface area contributed by atoms with E-state index in [2.05, 4.69) is 15.6 Å². The molecule has 25 heavy (non-hydrogen) atoms. The minimum atomic E-state index is -0.586. The van der Waals surface area contributed by atoms with Gasteiger partial charge in [0.1, 0.15) is 5.52 Å². The number of carbonyl (C=O) groups is 2. The van der Waals surface area contributed by atoms with Crippen LogP contribution in [0.2, 0.25) is 0 Å². The molecule has 0 fully saturated rings. The summed E-state index contributed by atoms with van der Waals surface area (Å²) in [6.45, 7) is 1.38. The number of non-ortho nitro benzene ring substituents is 1. The standard InChI is InChI=1S/C16H12N4O5/c1-9(21)17-11-5-6-13-14(8-11)25-16(18-13)19-15(22)10-3-2-4-12(7-10)20(23)24/h2-8H,1H3,(H,17,21)(H,18,19,22). The highest BCUT2D eigenvalue weighted by molar-refractivity contribution is 6.04. The van der Waals surface area contributed by atoms with E-state index in [1.807, 2.05) is 0 Å². The molecule has 2 aromatic carbocycles. The number of fused-ring (bicyclic) bond motifs is 1. The van der Waals surface area contributed by atoms with Crippen LogP contribution in [-0.4, -0.2) is 21.7 Å². The minimum Gasteiger partial charge on any atom is -0.423 e. The van der Waals surface area contributed by atoms with Gasteiger partial charge in [-0.3, -0.25) is 25.0 Å². The van der Waals surface area contributed by atoms with Crippen molar-refractivity contribution in [2.75, 3.05) is 10.6 Å². The van der Waals surface area contributed by atoms with E-state index >= 15 is 0 Å². The number of anilines is 2. The zero-order valence-electron chi connectivity index (χ0n) is 13.0. The van der Waals surface area contributed by atoms with E-state index in [4.69, 9.17) is 4.42 Å². The van der Waals surface area contributed by atoms with Crippen LogP contribution in [-0.2, 0) is 4.79 Å². The second-order valence-corrected chi connectivity index (χ2v) is 5.14. The highest BCUT2D eigenvalue weighted by Gasteiger charge is 2.14. The topological polar surface area (TPSA) is 127 Å². The zero-order chi connectivity index (χ0) is 18.0. The summed E-state index contributed by atoms with van der Waals surface area (Å²) < 4.78 is 5.43. The van der Waals surface area contributed by atoms with Crippen LogP contribution < -0.4 is 10.6 Å². The van der Waals surface area contributed by atoms with E-state index in [9.17, 15) is 19.7 Å². The zero-order valence-corrected chi connectivity index (χ0v) is 13.0.